The van der Waals surface area contributed by atoms with Gasteiger partial charge in [-0.15, -0.1) is 11.3 Å². The highest BCUT2D eigenvalue weighted by Gasteiger charge is 2.38. The molecule has 1 heterocycles. The Bertz CT molecular complexity index is 967. The maximum atomic E-state index is 14.2. The van der Waals surface area contributed by atoms with Crippen LogP contribution in [0.1, 0.15) is 52.5 Å². The van der Waals surface area contributed by atoms with Gasteiger partial charge in [-0.2, -0.15) is 0 Å². The summed E-state index contributed by atoms with van der Waals surface area (Å²) in [5, 5.41) is 2.68. The summed E-state index contributed by atoms with van der Waals surface area (Å²) < 4.78 is 33.6. The van der Waals surface area contributed by atoms with E-state index in [2.05, 4.69) is 5.32 Å². The lowest BCUT2D eigenvalue weighted by atomic mass is 9.99. The van der Waals surface area contributed by atoms with Crippen molar-refractivity contribution in [2.75, 3.05) is 11.9 Å². The fourth-order valence-electron chi connectivity index (χ4n) is 3.29. The highest BCUT2D eigenvalue weighted by molar-refractivity contribution is 7.17. The molecular formula is C20H20F2N2O4S. The maximum absolute atomic E-state index is 14.2. The molecule has 0 saturated carbocycles. The van der Waals surface area contributed by atoms with E-state index in [0.717, 1.165) is 29.5 Å². The molecule has 3 rings (SSSR count). The van der Waals surface area contributed by atoms with Gasteiger partial charge in [0.05, 0.1) is 29.7 Å². The third-order valence-corrected chi connectivity index (χ3v) is 5.94. The number of thiophene rings is 1. The summed E-state index contributed by atoms with van der Waals surface area (Å²) in [5.41, 5.74) is 5.38. The number of hydrogen-bond donors (Lipinski definition) is 2. The van der Waals surface area contributed by atoms with E-state index in [1.807, 2.05) is 0 Å². The average Bonchev–Trinajstić information content (AvgIpc) is 3.20. The molecule has 3 N–H and O–H groups in total. The molecule has 154 valence electrons. The minimum atomic E-state index is -1.00. The summed E-state index contributed by atoms with van der Waals surface area (Å²) in [7, 11) is 0. The molecule has 0 spiro atoms. The van der Waals surface area contributed by atoms with Crippen LogP contribution in [0.5, 0.6) is 0 Å². The maximum Gasteiger partial charge on any atom is 0.314 e. The minimum Gasteiger partial charge on any atom is -0.465 e. The van der Waals surface area contributed by atoms with Gasteiger partial charge < -0.3 is 15.8 Å². The minimum absolute atomic E-state index is 0.00482. The Morgan fingerprint density at radius 3 is 2.52 bits per heavy atom. The molecule has 9 heteroatoms. The van der Waals surface area contributed by atoms with Gasteiger partial charge in [0.15, 0.2) is 0 Å². The molecule has 2 atom stereocenters. The summed E-state index contributed by atoms with van der Waals surface area (Å²) >= 11 is 1.04. The Hall–Kier alpha value is -2.65. The fourth-order valence-corrected chi connectivity index (χ4v) is 4.67. The van der Waals surface area contributed by atoms with Crippen LogP contribution in [0.15, 0.2) is 18.2 Å². The van der Waals surface area contributed by atoms with E-state index in [1.54, 1.807) is 6.92 Å². The van der Waals surface area contributed by atoms with Crippen LogP contribution in [0.4, 0.5) is 13.8 Å². The molecule has 1 aromatic carbocycles. The van der Waals surface area contributed by atoms with Crippen LogP contribution in [0, 0.1) is 11.6 Å². The summed E-state index contributed by atoms with van der Waals surface area (Å²) in [4.78, 5) is 38.1. The van der Waals surface area contributed by atoms with Crippen LogP contribution in [-0.2, 0) is 20.7 Å². The number of nitrogens with two attached hydrogens (primary N) is 1. The molecule has 29 heavy (non-hydrogen) atoms. The predicted octanol–water partition coefficient (Wildman–Crippen LogP) is 3.14. The van der Waals surface area contributed by atoms with E-state index < -0.39 is 46.8 Å². The molecule has 0 fully saturated rings. The van der Waals surface area contributed by atoms with Crippen LogP contribution >= 0.6 is 11.3 Å². The number of ketones is 1. The van der Waals surface area contributed by atoms with Crippen LogP contribution in [0.3, 0.4) is 0 Å². The van der Waals surface area contributed by atoms with Crippen molar-refractivity contribution >= 4 is 34.0 Å². The molecule has 1 unspecified atom stereocenters. The second-order valence-corrected chi connectivity index (χ2v) is 7.75. The molecule has 6 nitrogen and oxygen atoms in total. The lowest BCUT2D eigenvalue weighted by Crippen LogP contribution is -2.32. The topological polar surface area (TPSA) is 98.5 Å². The zero-order valence-electron chi connectivity index (χ0n) is 15.9. The van der Waals surface area contributed by atoms with Crippen molar-refractivity contribution in [2.45, 2.75) is 38.6 Å². The lowest BCUT2D eigenvalue weighted by molar-refractivity contribution is -0.144. The van der Waals surface area contributed by atoms with Crippen molar-refractivity contribution in [1.29, 1.82) is 0 Å². The van der Waals surface area contributed by atoms with Crippen LogP contribution < -0.4 is 11.1 Å². The third kappa shape index (κ3) is 3.92. The van der Waals surface area contributed by atoms with E-state index in [1.165, 1.54) is 6.92 Å². The van der Waals surface area contributed by atoms with Crippen molar-refractivity contribution < 1.29 is 27.9 Å². The number of carbonyl (C=O) groups is 3. The highest BCUT2D eigenvalue weighted by Crippen LogP contribution is 2.46. The lowest BCUT2D eigenvalue weighted by Gasteiger charge is -2.11. The summed E-state index contributed by atoms with van der Waals surface area (Å²) in [6, 6.07) is 2.28. The van der Waals surface area contributed by atoms with Crippen molar-refractivity contribution in [3.63, 3.8) is 0 Å². The largest absolute Gasteiger partial charge is 0.465 e. The predicted molar refractivity (Wildman–Crippen MR) is 104 cm³/mol. The number of benzene rings is 1. The van der Waals surface area contributed by atoms with Crippen molar-refractivity contribution in [3.05, 3.63) is 51.4 Å². The number of nitrogens with one attached hydrogen (secondary N) is 1. The normalized spacial score (nSPS) is 16.2. The smallest absolute Gasteiger partial charge is 0.314 e. The van der Waals surface area contributed by atoms with Gasteiger partial charge >= 0.3 is 5.97 Å². The van der Waals surface area contributed by atoms with E-state index >= 15 is 0 Å². The number of esters is 1. The molecule has 0 saturated heterocycles. The Morgan fingerprint density at radius 1 is 1.28 bits per heavy atom. The zero-order valence-corrected chi connectivity index (χ0v) is 16.7. The Kier molecular flexibility index (Phi) is 6.09. The molecule has 0 bridgehead atoms. The average molecular weight is 422 g/mol. The molecule has 2 aromatic rings. The monoisotopic (exact) mass is 422 g/mol. The molecule has 1 amide bonds. The Morgan fingerprint density at radius 2 is 1.93 bits per heavy atom. The van der Waals surface area contributed by atoms with Gasteiger partial charge in [0.25, 0.3) is 0 Å². The zero-order chi connectivity index (χ0) is 21.3. The van der Waals surface area contributed by atoms with E-state index in [4.69, 9.17) is 10.5 Å². The third-order valence-electron chi connectivity index (χ3n) is 4.68. The van der Waals surface area contributed by atoms with Crippen LogP contribution in [0.2, 0.25) is 0 Å². The first kappa shape index (κ1) is 21.1. The Balaban J connectivity index is 2.12. The number of anilines is 1. The van der Waals surface area contributed by atoms with Gasteiger partial charge in [-0.25, -0.2) is 8.78 Å². The van der Waals surface area contributed by atoms with E-state index in [9.17, 15) is 23.2 Å². The van der Waals surface area contributed by atoms with Crippen LogP contribution in [0.25, 0.3) is 0 Å². The molecule has 0 aliphatic heterocycles. The number of ether oxygens (including phenoxy) is 1. The van der Waals surface area contributed by atoms with Crippen molar-refractivity contribution in [1.82, 2.24) is 0 Å². The number of amides is 1. The van der Waals surface area contributed by atoms with Gasteiger partial charge in [0, 0.05) is 4.88 Å². The van der Waals surface area contributed by atoms with Gasteiger partial charge in [-0.3, -0.25) is 14.4 Å². The number of carbonyl (C=O) groups excluding carboxylic acids is 3. The number of rotatable bonds is 6. The summed E-state index contributed by atoms with van der Waals surface area (Å²) in [5.74, 6) is -4.47. The van der Waals surface area contributed by atoms with Gasteiger partial charge in [-0.1, -0.05) is 6.07 Å². The quantitative estimate of drug-likeness (QED) is 0.551. The second kappa shape index (κ2) is 8.38. The van der Waals surface area contributed by atoms with Gasteiger partial charge in [0.1, 0.15) is 16.6 Å². The van der Waals surface area contributed by atoms with E-state index in [0.29, 0.717) is 23.3 Å². The first-order chi connectivity index (χ1) is 13.8. The molecule has 1 aliphatic carbocycles. The van der Waals surface area contributed by atoms with Crippen LogP contribution in [-0.4, -0.2) is 30.3 Å². The summed E-state index contributed by atoms with van der Waals surface area (Å²) in [6.45, 7) is 3.36. The highest BCUT2D eigenvalue weighted by atomic mass is 32.1. The molecule has 1 aromatic heterocycles. The molecular weight excluding hydrogens is 402 g/mol. The Labute approximate surface area is 170 Å². The van der Waals surface area contributed by atoms with Gasteiger partial charge in [0.2, 0.25) is 11.7 Å². The SMILES string of the molecule is CCOC(=O)C1CCc2c1sc(NC(=O)[C@H](C)N)c2C(=O)c1c(F)cccc1F. The standard InChI is InChI=1S/C20H20F2N2O4S/c1-3-28-20(27)11-8-7-10-14(16(25)15-12(21)5-4-6-13(15)22)19(29-17(10)11)24-18(26)9(2)23/h4-6,9,11H,3,7-8,23H2,1-2H3,(H,24,26)/t9-,11?/m0/s1. The first-order valence-electron chi connectivity index (χ1n) is 9.13. The second-order valence-electron chi connectivity index (χ2n) is 6.70. The van der Waals surface area contributed by atoms with Crippen molar-refractivity contribution in [3.8, 4) is 0 Å². The first-order valence-corrected chi connectivity index (χ1v) is 9.95. The molecule has 0 radical (unpaired) electrons. The number of halogens is 2. The summed E-state index contributed by atoms with van der Waals surface area (Å²) in [6.07, 6.45) is 0.766. The fraction of sp³-hybridized carbons (Fsp3) is 0.350. The van der Waals surface area contributed by atoms with Crippen molar-refractivity contribution in [2.24, 2.45) is 5.73 Å². The number of hydrogen-bond acceptors (Lipinski definition) is 6. The van der Waals surface area contributed by atoms with E-state index in [-0.39, 0.29) is 17.2 Å². The number of fused-ring (bicyclic) bond motifs is 1. The molecule has 1 aliphatic rings. The van der Waals surface area contributed by atoms with Gasteiger partial charge in [-0.05, 0) is 44.4 Å².